The van der Waals surface area contributed by atoms with E-state index in [4.69, 9.17) is 4.74 Å². The Morgan fingerprint density at radius 2 is 1.62 bits per heavy atom. The van der Waals surface area contributed by atoms with E-state index in [2.05, 4.69) is 26.0 Å². The monoisotopic (exact) mass is 223 g/mol. The summed E-state index contributed by atoms with van der Waals surface area (Å²) in [4.78, 5) is 14.0. The standard InChI is InChI=1S/C13H21NO2/c1-11(2,3)16-10(15)14-12(4)8-6-7-9-13(12,14)5/h6-7H,8-9H2,1-5H3. The third-order valence-electron chi connectivity index (χ3n) is 3.87. The fraction of sp³-hybridized carbons (Fsp3) is 0.769. The van der Waals surface area contributed by atoms with Gasteiger partial charge in [0, 0.05) is 0 Å². The maximum absolute atomic E-state index is 12.1. The number of fused-ring (bicyclic) bond motifs is 1. The topological polar surface area (TPSA) is 29.3 Å². The smallest absolute Gasteiger partial charge is 0.411 e. The summed E-state index contributed by atoms with van der Waals surface area (Å²) in [5, 5.41) is 0. The van der Waals surface area contributed by atoms with Crippen LogP contribution in [0.1, 0.15) is 47.5 Å². The Hall–Kier alpha value is -0.990. The third-order valence-corrected chi connectivity index (χ3v) is 3.87. The van der Waals surface area contributed by atoms with Gasteiger partial charge >= 0.3 is 6.09 Å². The molecule has 2 unspecified atom stereocenters. The number of nitrogens with zero attached hydrogens (tertiary/aromatic N) is 1. The van der Waals surface area contributed by atoms with Crippen molar-refractivity contribution in [1.29, 1.82) is 0 Å². The predicted octanol–water partition coefficient (Wildman–Crippen LogP) is 3.10. The molecule has 1 fully saturated rings. The normalized spacial score (nSPS) is 36.9. The van der Waals surface area contributed by atoms with Crippen LogP contribution in [0.25, 0.3) is 0 Å². The summed E-state index contributed by atoms with van der Waals surface area (Å²) in [6.07, 6.45) is 6.00. The van der Waals surface area contributed by atoms with Crippen LogP contribution < -0.4 is 0 Å². The first-order valence-corrected chi connectivity index (χ1v) is 5.89. The minimum atomic E-state index is -0.414. The number of amides is 1. The summed E-state index contributed by atoms with van der Waals surface area (Å²) in [7, 11) is 0. The molecule has 1 amide bonds. The van der Waals surface area contributed by atoms with Crippen molar-refractivity contribution in [3.05, 3.63) is 12.2 Å². The first-order chi connectivity index (χ1) is 7.21. The second-order valence-corrected chi connectivity index (χ2v) is 6.24. The molecule has 0 radical (unpaired) electrons. The van der Waals surface area contributed by atoms with Gasteiger partial charge < -0.3 is 4.74 Å². The molecular weight excluding hydrogens is 202 g/mol. The molecule has 3 heteroatoms. The highest BCUT2D eigenvalue weighted by Crippen LogP contribution is 2.58. The van der Waals surface area contributed by atoms with Crippen molar-refractivity contribution < 1.29 is 9.53 Å². The predicted molar refractivity (Wildman–Crippen MR) is 63.3 cm³/mol. The van der Waals surface area contributed by atoms with Gasteiger partial charge in [-0.05, 0) is 47.5 Å². The molecule has 1 aliphatic heterocycles. The van der Waals surface area contributed by atoms with Gasteiger partial charge in [0.1, 0.15) is 5.60 Å². The van der Waals surface area contributed by atoms with Gasteiger partial charge in [0.25, 0.3) is 0 Å². The highest BCUT2D eigenvalue weighted by Gasteiger charge is 2.71. The first kappa shape index (κ1) is 11.5. The maximum atomic E-state index is 12.1. The van der Waals surface area contributed by atoms with Gasteiger partial charge in [0.15, 0.2) is 0 Å². The van der Waals surface area contributed by atoms with E-state index in [1.165, 1.54) is 0 Å². The Kier molecular flexibility index (Phi) is 2.17. The molecule has 1 heterocycles. The van der Waals surface area contributed by atoms with Crippen molar-refractivity contribution in [2.75, 3.05) is 0 Å². The van der Waals surface area contributed by atoms with Crippen LogP contribution in [0.5, 0.6) is 0 Å². The first-order valence-electron chi connectivity index (χ1n) is 5.89. The van der Waals surface area contributed by atoms with Gasteiger partial charge in [-0.25, -0.2) is 4.79 Å². The fourth-order valence-electron chi connectivity index (χ4n) is 2.69. The van der Waals surface area contributed by atoms with Gasteiger partial charge in [-0.15, -0.1) is 0 Å². The number of hydrogen-bond donors (Lipinski definition) is 0. The van der Waals surface area contributed by atoms with Crippen molar-refractivity contribution in [3.63, 3.8) is 0 Å². The van der Waals surface area contributed by atoms with E-state index in [1.807, 2.05) is 25.7 Å². The molecule has 1 aliphatic carbocycles. The van der Waals surface area contributed by atoms with E-state index in [-0.39, 0.29) is 17.2 Å². The maximum Gasteiger partial charge on any atom is 0.411 e. The lowest BCUT2D eigenvalue weighted by Crippen LogP contribution is -2.30. The van der Waals surface area contributed by atoms with Crippen LogP contribution in [0.15, 0.2) is 12.2 Å². The van der Waals surface area contributed by atoms with Crippen LogP contribution >= 0.6 is 0 Å². The van der Waals surface area contributed by atoms with Crippen LogP contribution in [0.3, 0.4) is 0 Å². The van der Waals surface area contributed by atoms with E-state index in [1.54, 1.807) is 0 Å². The van der Waals surface area contributed by atoms with Crippen molar-refractivity contribution in [1.82, 2.24) is 4.90 Å². The lowest BCUT2D eigenvalue weighted by molar-refractivity contribution is 0.0359. The zero-order chi connectivity index (χ0) is 12.2. The lowest BCUT2D eigenvalue weighted by Gasteiger charge is -2.21. The summed E-state index contributed by atoms with van der Waals surface area (Å²) in [5.41, 5.74) is -0.489. The van der Waals surface area contributed by atoms with Crippen LogP contribution in [0, 0.1) is 0 Å². The van der Waals surface area contributed by atoms with Crippen LogP contribution in [0.2, 0.25) is 0 Å². The molecule has 0 saturated carbocycles. The molecule has 0 N–H and O–H groups in total. The molecule has 2 rings (SSSR count). The van der Waals surface area contributed by atoms with Crippen LogP contribution in [0.4, 0.5) is 4.79 Å². The summed E-state index contributed by atoms with van der Waals surface area (Å²) >= 11 is 0. The molecule has 0 aromatic heterocycles. The van der Waals surface area contributed by atoms with Gasteiger partial charge in [-0.3, -0.25) is 4.90 Å². The zero-order valence-corrected chi connectivity index (χ0v) is 10.8. The number of rotatable bonds is 0. The molecule has 1 saturated heterocycles. The fourth-order valence-corrected chi connectivity index (χ4v) is 2.69. The van der Waals surface area contributed by atoms with Crippen LogP contribution in [-0.4, -0.2) is 27.7 Å². The molecule has 3 nitrogen and oxygen atoms in total. The number of carbonyl (C=O) groups is 1. The minimum absolute atomic E-state index is 0.0376. The Labute approximate surface area is 97.5 Å². The van der Waals surface area contributed by atoms with Gasteiger partial charge in [0.05, 0.1) is 11.1 Å². The van der Waals surface area contributed by atoms with E-state index in [9.17, 15) is 4.79 Å². The third kappa shape index (κ3) is 1.45. The largest absolute Gasteiger partial charge is 0.444 e. The summed E-state index contributed by atoms with van der Waals surface area (Å²) in [5.74, 6) is 0. The quantitative estimate of drug-likeness (QED) is 0.466. The molecule has 0 bridgehead atoms. The van der Waals surface area contributed by atoms with E-state index in [0.717, 1.165) is 12.8 Å². The van der Waals surface area contributed by atoms with Crippen molar-refractivity contribution in [2.24, 2.45) is 0 Å². The molecule has 0 aromatic rings. The van der Waals surface area contributed by atoms with Gasteiger partial charge in [-0.2, -0.15) is 0 Å². The van der Waals surface area contributed by atoms with E-state index < -0.39 is 5.60 Å². The van der Waals surface area contributed by atoms with Crippen molar-refractivity contribution in [3.8, 4) is 0 Å². The minimum Gasteiger partial charge on any atom is -0.444 e. The molecule has 16 heavy (non-hydrogen) atoms. The average Bonchev–Trinajstić information content (AvgIpc) is 2.59. The second kappa shape index (κ2) is 3.02. The highest BCUT2D eigenvalue weighted by molar-refractivity contribution is 5.76. The number of carbonyl (C=O) groups excluding carboxylic acids is 1. The molecule has 90 valence electrons. The Morgan fingerprint density at radius 3 is 2.00 bits per heavy atom. The van der Waals surface area contributed by atoms with Gasteiger partial charge in [-0.1, -0.05) is 12.2 Å². The Balaban J connectivity index is 2.12. The zero-order valence-electron chi connectivity index (χ0n) is 10.8. The van der Waals surface area contributed by atoms with Crippen molar-refractivity contribution in [2.45, 2.75) is 64.1 Å². The van der Waals surface area contributed by atoms with Crippen molar-refractivity contribution >= 4 is 6.09 Å². The van der Waals surface area contributed by atoms with Crippen LogP contribution in [-0.2, 0) is 4.74 Å². The summed E-state index contributed by atoms with van der Waals surface area (Å²) in [6.45, 7) is 9.99. The Bertz CT molecular complexity index is 335. The average molecular weight is 223 g/mol. The van der Waals surface area contributed by atoms with E-state index >= 15 is 0 Å². The summed E-state index contributed by atoms with van der Waals surface area (Å²) in [6, 6.07) is 0. The van der Waals surface area contributed by atoms with E-state index in [0.29, 0.717) is 0 Å². The van der Waals surface area contributed by atoms with Gasteiger partial charge in [0.2, 0.25) is 0 Å². The lowest BCUT2D eigenvalue weighted by atomic mass is 9.86. The second-order valence-electron chi connectivity index (χ2n) is 6.24. The highest BCUT2D eigenvalue weighted by atomic mass is 16.6. The summed E-state index contributed by atoms with van der Waals surface area (Å²) < 4.78 is 5.44. The molecule has 0 spiro atoms. The molecular formula is C13H21NO2. The Morgan fingerprint density at radius 1 is 1.19 bits per heavy atom. The molecule has 0 aromatic carbocycles. The molecule has 2 atom stereocenters. The number of ether oxygens (including phenoxy) is 1. The molecule has 2 aliphatic rings. The SMILES string of the molecule is CC(C)(C)OC(=O)N1C2(C)CC=CCC12C. The number of hydrogen-bond acceptors (Lipinski definition) is 2.